The second-order valence-electron chi connectivity index (χ2n) is 13.5. The van der Waals surface area contributed by atoms with Gasteiger partial charge in [0.15, 0.2) is 0 Å². The fourth-order valence-corrected chi connectivity index (χ4v) is 6.30. The molecule has 4 N–H and O–H groups in total. The molecule has 45 heavy (non-hydrogen) atoms. The number of carboxylic acid groups (broad SMARTS) is 1. The largest absolute Gasteiger partial charge is 0.475 e. The number of carbonyl (C=O) groups is 6. The van der Waals surface area contributed by atoms with E-state index in [2.05, 4.69) is 25.9 Å². The van der Waals surface area contributed by atoms with E-state index >= 15 is 0 Å². The maximum absolute atomic E-state index is 14.3. The summed E-state index contributed by atoms with van der Waals surface area (Å²) in [7, 11) is 0. The number of hydrogen-bond acceptors (Lipinski definition) is 8. The van der Waals surface area contributed by atoms with E-state index in [1.54, 1.807) is 6.92 Å². The van der Waals surface area contributed by atoms with Gasteiger partial charge in [-0.2, -0.15) is 0 Å². The zero-order valence-electron chi connectivity index (χ0n) is 27.2. The van der Waals surface area contributed by atoms with E-state index in [0.29, 0.717) is 6.42 Å². The summed E-state index contributed by atoms with van der Waals surface area (Å²) in [4.78, 5) is 88.0. The lowest BCUT2D eigenvalue weighted by Crippen LogP contribution is -2.62. The molecule has 1 aliphatic carbocycles. The summed E-state index contributed by atoms with van der Waals surface area (Å²) in [6.45, 7) is 11.2. The van der Waals surface area contributed by atoms with Gasteiger partial charge >= 0.3 is 5.97 Å². The highest BCUT2D eigenvalue weighted by Crippen LogP contribution is 2.33. The number of aromatic nitrogens is 2. The Morgan fingerprint density at radius 3 is 2.22 bits per heavy atom. The lowest BCUT2D eigenvalue weighted by Gasteiger charge is -2.38. The molecule has 13 nitrogen and oxygen atoms in total. The van der Waals surface area contributed by atoms with Crippen molar-refractivity contribution in [2.45, 2.75) is 111 Å². The highest BCUT2D eigenvalue weighted by molar-refractivity contribution is 6.35. The molecule has 248 valence electrons. The van der Waals surface area contributed by atoms with Gasteiger partial charge in [-0.05, 0) is 42.4 Å². The van der Waals surface area contributed by atoms with Crippen LogP contribution in [0.1, 0.15) is 97.0 Å². The summed E-state index contributed by atoms with van der Waals surface area (Å²) < 4.78 is 0. The van der Waals surface area contributed by atoms with Crippen molar-refractivity contribution in [1.82, 2.24) is 30.8 Å². The van der Waals surface area contributed by atoms with Crippen molar-refractivity contribution in [2.24, 2.45) is 23.2 Å². The van der Waals surface area contributed by atoms with Crippen molar-refractivity contribution in [1.29, 1.82) is 0 Å². The van der Waals surface area contributed by atoms with Gasteiger partial charge in [-0.3, -0.25) is 29.0 Å². The highest BCUT2D eigenvalue weighted by atomic mass is 16.4. The molecule has 13 heteroatoms. The summed E-state index contributed by atoms with van der Waals surface area (Å²) in [6, 6.07) is -4.15. The van der Waals surface area contributed by atoms with Crippen LogP contribution in [0.2, 0.25) is 0 Å². The lowest BCUT2D eigenvalue weighted by atomic mass is 9.82. The number of ketones is 1. The lowest BCUT2D eigenvalue weighted by molar-refractivity contribution is -0.151. The molecule has 0 spiro atoms. The molecule has 0 bridgehead atoms. The van der Waals surface area contributed by atoms with Gasteiger partial charge < -0.3 is 26.0 Å². The summed E-state index contributed by atoms with van der Waals surface area (Å²) in [5.74, 6) is -5.37. The number of rotatable bonds is 12. The predicted molar refractivity (Wildman–Crippen MR) is 165 cm³/mol. The molecule has 0 radical (unpaired) electrons. The molecular weight excluding hydrogens is 580 g/mol. The Balaban J connectivity index is 1.88. The van der Waals surface area contributed by atoms with E-state index in [0.717, 1.165) is 32.1 Å². The van der Waals surface area contributed by atoms with Gasteiger partial charge in [0.2, 0.25) is 17.7 Å². The maximum Gasteiger partial charge on any atom is 0.374 e. The smallest absolute Gasteiger partial charge is 0.374 e. The molecule has 2 aliphatic rings. The molecule has 1 saturated carbocycles. The van der Waals surface area contributed by atoms with Gasteiger partial charge in [0.1, 0.15) is 23.8 Å². The normalized spacial score (nSPS) is 22.5. The standard InChI is InChI=1S/C32H48N6O7/c1-7-11-21(25(39)31(44)45)35-29(42)24-19(3)18(2)17-38(24)30(43)26(32(4,5)6)37-28(41)23(20-12-9-8-10-13-20)36-27(40)22-16-33-14-15-34-22/h14-16,18-21,23-24,26H,7-13,17H2,1-6H3,(H,35,42)(H,36,40)(H,37,41)(H,44,45)/t18-,19-,21-,23+,24?,26-/m1/s1. The van der Waals surface area contributed by atoms with Gasteiger partial charge in [-0.1, -0.05) is 67.2 Å². The quantitative estimate of drug-likeness (QED) is 0.251. The Morgan fingerprint density at radius 2 is 1.67 bits per heavy atom. The van der Waals surface area contributed by atoms with Crippen LogP contribution in [0.3, 0.4) is 0 Å². The van der Waals surface area contributed by atoms with Gasteiger partial charge in [0.25, 0.3) is 11.7 Å². The summed E-state index contributed by atoms with van der Waals surface area (Å²) in [5, 5.41) is 17.6. The SMILES string of the molecule is CCC[C@@H](NC(=O)C1[C@H](C)[C@H](C)CN1C(=O)[C@@H](NC(=O)[C@@H](NC(=O)c1cnccn1)C1CCCCC1)C(C)(C)C)C(=O)C(=O)O. The first-order valence-corrected chi connectivity index (χ1v) is 15.9. The Morgan fingerprint density at radius 1 is 1.00 bits per heavy atom. The van der Waals surface area contributed by atoms with Crippen molar-refractivity contribution in [2.75, 3.05) is 6.54 Å². The van der Waals surface area contributed by atoms with Crippen LogP contribution in [0.15, 0.2) is 18.6 Å². The number of carboxylic acids is 1. The van der Waals surface area contributed by atoms with E-state index < -0.39 is 65.0 Å². The molecule has 0 aromatic carbocycles. The molecule has 2 heterocycles. The number of Topliss-reactive ketones (excluding diaryl/α,β-unsaturated/α-hetero) is 1. The minimum Gasteiger partial charge on any atom is -0.475 e. The monoisotopic (exact) mass is 628 g/mol. The average molecular weight is 629 g/mol. The topological polar surface area (TPSA) is 188 Å². The van der Waals surface area contributed by atoms with Crippen LogP contribution in [0.25, 0.3) is 0 Å². The zero-order chi connectivity index (χ0) is 33.5. The van der Waals surface area contributed by atoms with E-state index in [-0.39, 0.29) is 36.4 Å². The number of likely N-dealkylation sites (tertiary alicyclic amines) is 1. The van der Waals surface area contributed by atoms with Crippen molar-refractivity contribution in [3.05, 3.63) is 24.3 Å². The predicted octanol–water partition coefficient (Wildman–Crippen LogP) is 2.11. The summed E-state index contributed by atoms with van der Waals surface area (Å²) >= 11 is 0. The first kappa shape index (κ1) is 35.6. The third kappa shape index (κ3) is 8.85. The van der Waals surface area contributed by atoms with Gasteiger partial charge in [-0.15, -0.1) is 0 Å². The second-order valence-corrected chi connectivity index (χ2v) is 13.5. The molecule has 1 aromatic rings. The molecular formula is C32H48N6O7. The summed E-state index contributed by atoms with van der Waals surface area (Å²) in [5.41, 5.74) is -0.704. The molecule has 1 aliphatic heterocycles. The van der Waals surface area contributed by atoms with Crippen LogP contribution in [-0.2, 0) is 24.0 Å². The molecule has 1 unspecified atom stereocenters. The first-order valence-electron chi connectivity index (χ1n) is 15.9. The average Bonchev–Trinajstić information content (AvgIpc) is 3.31. The molecule has 4 amide bonds. The Labute approximate surface area is 264 Å². The van der Waals surface area contributed by atoms with Crippen LogP contribution in [-0.4, -0.2) is 86.1 Å². The number of amides is 4. The van der Waals surface area contributed by atoms with Crippen molar-refractivity contribution < 1.29 is 33.9 Å². The van der Waals surface area contributed by atoms with Gasteiger partial charge in [0.05, 0.1) is 12.2 Å². The van der Waals surface area contributed by atoms with Crippen LogP contribution in [0.4, 0.5) is 0 Å². The van der Waals surface area contributed by atoms with Crippen molar-refractivity contribution >= 4 is 35.4 Å². The first-order chi connectivity index (χ1) is 21.2. The minimum absolute atomic E-state index is 0.0752. The maximum atomic E-state index is 14.3. The Kier molecular flexibility index (Phi) is 12.2. The number of aliphatic carboxylic acids is 1. The number of carbonyl (C=O) groups excluding carboxylic acids is 5. The fourth-order valence-electron chi connectivity index (χ4n) is 6.30. The molecule has 1 aromatic heterocycles. The number of nitrogens with one attached hydrogen (secondary N) is 3. The Hall–Kier alpha value is -3.90. The van der Waals surface area contributed by atoms with Crippen molar-refractivity contribution in [3.8, 4) is 0 Å². The van der Waals surface area contributed by atoms with Crippen molar-refractivity contribution in [3.63, 3.8) is 0 Å². The number of hydrogen-bond donors (Lipinski definition) is 4. The zero-order valence-corrected chi connectivity index (χ0v) is 27.2. The third-order valence-corrected chi connectivity index (χ3v) is 9.07. The minimum atomic E-state index is -1.64. The molecule has 3 rings (SSSR count). The fraction of sp³-hybridized carbons (Fsp3) is 0.688. The highest BCUT2D eigenvalue weighted by Gasteiger charge is 2.48. The van der Waals surface area contributed by atoms with Gasteiger partial charge in [0, 0.05) is 18.9 Å². The van der Waals surface area contributed by atoms with Crippen LogP contribution >= 0.6 is 0 Å². The second kappa shape index (κ2) is 15.4. The van der Waals surface area contributed by atoms with Crippen LogP contribution in [0.5, 0.6) is 0 Å². The van der Waals surface area contributed by atoms with E-state index in [9.17, 15) is 33.9 Å². The Bertz CT molecular complexity index is 1240. The third-order valence-electron chi connectivity index (χ3n) is 9.07. The van der Waals surface area contributed by atoms with Gasteiger partial charge in [-0.25, -0.2) is 9.78 Å². The molecule has 2 fully saturated rings. The molecule has 1 saturated heterocycles. The van der Waals surface area contributed by atoms with E-state index in [1.807, 2.05) is 34.6 Å². The molecule has 6 atom stereocenters. The van der Waals surface area contributed by atoms with E-state index in [1.165, 1.54) is 23.5 Å². The van der Waals surface area contributed by atoms with E-state index in [4.69, 9.17) is 0 Å². The number of nitrogens with zero attached hydrogens (tertiary/aromatic N) is 3. The van der Waals surface area contributed by atoms with Crippen LogP contribution < -0.4 is 16.0 Å². The van der Waals surface area contributed by atoms with Crippen LogP contribution in [0, 0.1) is 23.2 Å². The summed E-state index contributed by atoms with van der Waals surface area (Å²) in [6.07, 6.45) is 9.13.